The van der Waals surface area contributed by atoms with E-state index in [4.69, 9.17) is 9.47 Å². The highest BCUT2D eigenvalue weighted by Gasteiger charge is 2.16. The van der Waals surface area contributed by atoms with E-state index in [2.05, 4.69) is 10.3 Å². The van der Waals surface area contributed by atoms with Gasteiger partial charge in [-0.25, -0.2) is 14.6 Å². The predicted octanol–water partition coefficient (Wildman–Crippen LogP) is 2.43. The van der Waals surface area contributed by atoms with Gasteiger partial charge in [0, 0.05) is 20.0 Å². The van der Waals surface area contributed by atoms with Gasteiger partial charge in [0.05, 0.1) is 23.7 Å². The molecule has 0 saturated heterocycles. The van der Waals surface area contributed by atoms with Gasteiger partial charge in [0.25, 0.3) is 0 Å². The maximum absolute atomic E-state index is 11.6. The first-order valence-corrected chi connectivity index (χ1v) is 7.72. The molecule has 0 saturated carbocycles. The van der Waals surface area contributed by atoms with Gasteiger partial charge in [-0.2, -0.15) is 0 Å². The van der Waals surface area contributed by atoms with Crippen molar-refractivity contribution in [1.82, 2.24) is 14.9 Å². The molecule has 2 rings (SSSR count). The molecule has 2 aromatic rings. The second kappa shape index (κ2) is 6.90. The predicted molar refractivity (Wildman–Crippen MR) is 90.0 cm³/mol. The van der Waals surface area contributed by atoms with Gasteiger partial charge >= 0.3 is 12.1 Å². The highest BCUT2D eigenvalue weighted by Crippen LogP contribution is 2.17. The molecule has 1 heterocycles. The van der Waals surface area contributed by atoms with Crippen molar-refractivity contribution in [2.24, 2.45) is 7.05 Å². The second-order valence-corrected chi connectivity index (χ2v) is 6.46. The molecule has 1 aromatic heterocycles. The summed E-state index contributed by atoms with van der Waals surface area (Å²) in [6, 6.07) is 5.24. The normalized spacial score (nSPS) is 11.4. The van der Waals surface area contributed by atoms with E-state index in [0.717, 1.165) is 11.3 Å². The van der Waals surface area contributed by atoms with Crippen LogP contribution in [0.3, 0.4) is 0 Å². The molecular formula is C17H23N3O4. The van der Waals surface area contributed by atoms with Gasteiger partial charge in [0.15, 0.2) is 0 Å². The number of hydrogen-bond acceptors (Lipinski definition) is 5. The standard InChI is InChI=1S/C17H23N3O4/c1-17(2,3)24-16(22)18-9-8-14-19-12-10-11(15(21)23-5)6-7-13(12)20(14)4/h6-7,10H,8-9H2,1-5H3,(H,18,22). The van der Waals surface area contributed by atoms with Gasteiger partial charge in [-0.3, -0.25) is 0 Å². The summed E-state index contributed by atoms with van der Waals surface area (Å²) in [6.45, 7) is 5.86. The van der Waals surface area contributed by atoms with Crippen LogP contribution in [0.2, 0.25) is 0 Å². The van der Waals surface area contributed by atoms with Crippen LogP contribution in [-0.4, -0.2) is 40.9 Å². The van der Waals surface area contributed by atoms with Crippen LogP contribution in [0.15, 0.2) is 18.2 Å². The van der Waals surface area contributed by atoms with Crippen LogP contribution in [0.1, 0.15) is 37.0 Å². The molecule has 0 aliphatic rings. The fourth-order valence-electron chi connectivity index (χ4n) is 2.31. The van der Waals surface area contributed by atoms with E-state index in [1.54, 1.807) is 12.1 Å². The summed E-state index contributed by atoms with van der Waals surface area (Å²) in [7, 11) is 3.24. The Balaban J connectivity index is 2.06. The summed E-state index contributed by atoms with van der Waals surface area (Å²) in [5.74, 6) is 0.416. The summed E-state index contributed by atoms with van der Waals surface area (Å²) in [5.41, 5.74) is 1.57. The van der Waals surface area contributed by atoms with Crippen LogP contribution in [-0.2, 0) is 22.9 Å². The number of carbonyl (C=O) groups is 2. The number of aromatic nitrogens is 2. The lowest BCUT2D eigenvalue weighted by Gasteiger charge is -2.19. The van der Waals surface area contributed by atoms with E-state index in [0.29, 0.717) is 24.0 Å². The number of aryl methyl sites for hydroxylation is 1. The van der Waals surface area contributed by atoms with Crippen LogP contribution < -0.4 is 5.32 Å². The summed E-state index contributed by atoms with van der Waals surface area (Å²) >= 11 is 0. The molecule has 0 radical (unpaired) electrons. The van der Waals surface area contributed by atoms with Crippen LogP contribution in [0.25, 0.3) is 11.0 Å². The largest absolute Gasteiger partial charge is 0.465 e. The average molecular weight is 333 g/mol. The Morgan fingerprint density at radius 1 is 1.29 bits per heavy atom. The number of nitrogens with zero attached hydrogens (tertiary/aromatic N) is 2. The first kappa shape index (κ1) is 17.8. The van der Waals surface area contributed by atoms with Gasteiger partial charge in [-0.05, 0) is 39.0 Å². The van der Waals surface area contributed by atoms with Gasteiger partial charge in [0.2, 0.25) is 0 Å². The Bertz CT molecular complexity index is 759. The minimum atomic E-state index is -0.522. The number of amides is 1. The second-order valence-electron chi connectivity index (χ2n) is 6.46. The third-order valence-corrected chi connectivity index (χ3v) is 3.41. The van der Waals surface area contributed by atoms with Crippen molar-refractivity contribution in [3.05, 3.63) is 29.6 Å². The first-order chi connectivity index (χ1) is 11.2. The maximum atomic E-state index is 11.6. The summed E-state index contributed by atoms with van der Waals surface area (Å²) in [6.07, 6.45) is 0.104. The highest BCUT2D eigenvalue weighted by atomic mass is 16.6. The number of fused-ring (bicyclic) bond motifs is 1. The van der Waals surface area contributed by atoms with Crippen LogP contribution in [0.5, 0.6) is 0 Å². The summed E-state index contributed by atoms with van der Waals surface area (Å²) in [5, 5.41) is 2.71. The Morgan fingerprint density at radius 3 is 2.62 bits per heavy atom. The maximum Gasteiger partial charge on any atom is 0.407 e. The van der Waals surface area contributed by atoms with E-state index < -0.39 is 17.7 Å². The number of ether oxygens (including phenoxy) is 2. The average Bonchev–Trinajstić information content (AvgIpc) is 2.80. The molecule has 0 spiro atoms. The number of rotatable bonds is 4. The molecule has 24 heavy (non-hydrogen) atoms. The number of nitrogens with one attached hydrogen (secondary N) is 1. The zero-order chi connectivity index (χ0) is 17.9. The Labute approximate surface area is 141 Å². The van der Waals surface area contributed by atoms with E-state index in [-0.39, 0.29) is 0 Å². The molecule has 0 atom stereocenters. The third-order valence-electron chi connectivity index (χ3n) is 3.41. The van der Waals surface area contributed by atoms with Crippen molar-refractivity contribution in [3.8, 4) is 0 Å². The Morgan fingerprint density at radius 2 is 2.00 bits per heavy atom. The zero-order valence-corrected chi connectivity index (χ0v) is 14.7. The minimum Gasteiger partial charge on any atom is -0.465 e. The number of benzene rings is 1. The fraction of sp³-hybridized carbons (Fsp3) is 0.471. The van der Waals surface area contributed by atoms with Crippen LogP contribution in [0.4, 0.5) is 4.79 Å². The molecule has 130 valence electrons. The SMILES string of the molecule is COC(=O)c1ccc2c(c1)nc(CCNC(=O)OC(C)(C)C)n2C. The molecule has 0 unspecified atom stereocenters. The molecule has 1 amide bonds. The Kier molecular flexibility index (Phi) is 5.11. The smallest absolute Gasteiger partial charge is 0.407 e. The van der Waals surface area contributed by atoms with E-state index in [1.807, 2.05) is 38.5 Å². The van der Waals surface area contributed by atoms with Crippen LogP contribution >= 0.6 is 0 Å². The number of alkyl carbamates (subject to hydrolysis) is 1. The van der Waals surface area contributed by atoms with Crippen molar-refractivity contribution in [1.29, 1.82) is 0 Å². The number of methoxy groups -OCH3 is 1. The molecule has 1 aromatic carbocycles. The lowest BCUT2D eigenvalue weighted by atomic mass is 10.2. The molecule has 7 nitrogen and oxygen atoms in total. The lowest BCUT2D eigenvalue weighted by molar-refractivity contribution is 0.0527. The van der Waals surface area contributed by atoms with Crippen LogP contribution in [0, 0.1) is 0 Å². The number of imidazole rings is 1. The van der Waals surface area contributed by atoms with Gasteiger partial charge < -0.3 is 19.4 Å². The quantitative estimate of drug-likeness (QED) is 0.869. The zero-order valence-electron chi connectivity index (χ0n) is 14.7. The van der Waals surface area contributed by atoms with E-state index in [1.165, 1.54) is 7.11 Å². The molecule has 0 aliphatic heterocycles. The lowest BCUT2D eigenvalue weighted by Crippen LogP contribution is -2.33. The van der Waals surface area contributed by atoms with Crippen molar-refractivity contribution in [2.45, 2.75) is 32.8 Å². The monoisotopic (exact) mass is 333 g/mol. The molecule has 0 bridgehead atoms. The van der Waals surface area contributed by atoms with E-state index >= 15 is 0 Å². The molecule has 0 fully saturated rings. The van der Waals surface area contributed by atoms with Gasteiger partial charge in [-0.15, -0.1) is 0 Å². The van der Waals surface area contributed by atoms with E-state index in [9.17, 15) is 9.59 Å². The molecular weight excluding hydrogens is 310 g/mol. The Hall–Kier alpha value is -2.57. The molecule has 7 heteroatoms. The number of esters is 1. The minimum absolute atomic E-state index is 0.393. The number of hydrogen-bond donors (Lipinski definition) is 1. The van der Waals surface area contributed by atoms with Crippen molar-refractivity contribution in [2.75, 3.05) is 13.7 Å². The fourth-order valence-corrected chi connectivity index (χ4v) is 2.31. The first-order valence-electron chi connectivity index (χ1n) is 7.72. The number of carbonyl (C=O) groups excluding carboxylic acids is 2. The van der Waals surface area contributed by atoms with Gasteiger partial charge in [-0.1, -0.05) is 0 Å². The van der Waals surface area contributed by atoms with Crippen molar-refractivity contribution in [3.63, 3.8) is 0 Å². The van der Waals surface area contributed by atoms with Crippen molar-refractivity contribution < 1.29 is 19.1 Å². The van der Waals surface area contributed by atoms with Crippen molar-refractivity contribution >= 4 is 23.1 Å². The molecule has 1 N–H and O–H groups in total. The topological polar surface area (TPSA) is 82.4 Å². The highest BCUT2D eigenvalue weighted by molar-refractivity contribution is 5.93. The summed E-state index contributed by atoms with van der Waals surface area (Å²) in [4.78, 5) is 27.8. The summed E-state index contributed by atoms with van der Waals surface area (Å²) < 4.78 is 11.8. The van der Waals surface area contributed by atoms with Gasteiger partial charge in [0.1, 0.15) is 11.4 Å². The third kappa shape index (κ3) is 4.24. The molecule has 0 aliphatic carbocycles.